The van der Waals surface area contributed by atoms with E-state index in [1.807, 2.05) is 78.9 Å². The van der Waals surface area contributed by atoms with E-state index in [0.29, 0.717) is 0 Å². The molecule has 3 N–H and O–H groups in total. The molecule has 1 aliphatic rings. The van der Waals surface area contributed by atoms with Crippen LogP contribution in [0.4, 0.5) is 9.59 Å². The number of hydrogen-bond donors (Lipinski definition) is 3. The van der Waals surface area contributed by atoms with E-state index in [-0.39, 0.29) is 45.1 Å². The molecule has 4 rings (SSSR count). The van der Waals surface area contributed by atoms with Gasteiger partial charge in [-0.3, -0.25) is 0 Å². The van der Waals surface area contributed by atoms with Crippen LogP contribution in [0.25, 0.3) is 11.1 Å². The molecule has 3 aromatic rings. The summed E-state index contributed by atoms with van der Waals surface area (Å²) in [5.41, 5.74) is 5.19. The molecule has 0 saturated carbocycles. The van der Waals surface area contributed by atoms with Gasteiger partial charge >= 0.3 is 18.2 Å². The summed E-state index contributed by atoms with van der Waals surface area (Å²) in [6.07, 6.45) is -0.866. The minimum absolute atomic E-state index is 0.0287. The molecule has 3 aromatic carbocycles. The van der Waals surface area contributed by atoms with Crippen molar-refractivity contribution in [1.82, 2.24) is 10.6 Å². The van der Waals surface area contributed by atoms with Crippen LogP contribution < -0.4 is 10.6 Å². The van der Waals surface area contributed by atoms with E-state index in [2.05, 4.69) is 17.2 Å². The molecule has 0 bridgehead atoms. The third-order valence-electron chi connectivity index (χ3n) is 6.75. The first-order valence-electron chi connectivity index (χ1n) is 13.5. The van der Waals surface area contributed by atoms with Crippen LogP contribution in [-0.4, -0.2) is 55.2 Å². The maximum atomic E-state index is 12.8. The number of nitrogens with one attached hydrogen (secondary N) is 2. The second-order valence-electron chi connectivity index (χ2n) is 9.61. The molecule has 0 aliphatic heterocycles. The highest BCUT2D eigenvalue weighted by Crippen LogP contribution is 2.44. The number of esters is 1. The zero-order chi connectivity index (χ0) is 29.0. The summed E-state index contributed by atoms with van der Waals surface area (Å²) in [5, 5.41) is 15.4. The molecule has 0 spiro atoms. The van der Waals surface area contributed by atoms with E-state index < -0.39 is 30.3 Å². The molecule has 9 heteroatoms. The predicted molar refractivity (Wildman–Crippen MR) is 153 cm³/mol. The first kappa shape index (κ1) is 29.4. The van der Waals surface area contributed by atoms with Gasteiger partial charge in [0.1, 0.15) is 25.9 Å². The van der Waals surface area contributed by atoms with Gasteiger partial charge in [0.15, 0.2) is 0 Å². The smallest absolute Gasteiger partial charge is 0.407 e. The Morgan fingerprint density at radius 1 is 0.829 bits per heavy atom. The number of hydrogen-bond acceptors (Lipinski definition) is 7. The first-order valence-corrected chi connectivity index (χ1v) is 13.5. The van der Waals surface area contributed by atoms with E-state index >= 15 is 0 Å². The summed E-state index contributed by atoms with van der Waals surface area (Å²) < 4.78 is 15.8. The van der Waals surface area contributed by atoms with E-state index in [9.17, 15) is 19.5 Å². The van der Waals surface area contributed by atoms with Crippen LogP contribution in [0.3, 0.4) is 0 Å². The number of aliphatic hydroxyl groups excluding tert-OH is 1. The molecule has 9 nitrogen and oxygen atoms in total. The molecular formula is C32H34N2O7. The normalized spacial score (nSPS) is 13.2. The zero-order valence-electron chi connectivity index (χ0n) is 22.7. The lowest BCUT2D eigenvalue weighted by atomic mass is 9.98. The Morgan fingerprint density at radius 2 is 1.46 bits per heavy atom. The third-order valence-corrected chi connectivity index (χ3v) is 6.75. The molecular weight excluding hydrogens is 524 g/mol. The number of rotatable bonds is 13. The number of benzene rings is 3. The van der Waals surface area contributed by atoms with Crippen molar-refractivity contribution in [2.45, 2.75) is 37.5 Å². The maximum absolute atomic E-state index is 12.8. The molecule has 0 saturated heterocycles. The minimum Gasteiger partial charge on any atom is -0.460 e. The second kappa shape index (κ2) is 14.7. The summed E-state index contributed by atoms with van der Waals surface area (Å²) in [6.45, 7) is 3.60. The Bertz CT molecular complexity index is 1300. The third kappa shape index (κ3) is 8.18. The van der Waals surface area contributed by atoms with E-state index in [1.54, 1.807) is 0 Å². The van der Waals surface area contributed by atoms with Gasteiger partial charge in [0.2, 0.25) is 0 Å². The van der Waals surface area contributed by atoms with Gasteiger partial charge in [0.05, 0.1) is 6.10 Å². The minimum atomic E-state index is -1.06. The molecule has 0 fully saturated rings. The Morgan fingerprint density at radius 3 is 2.12 bits per heavy atom. The zero-order valence-corrected chi connectivity index (χ0v) is 22.7. The molecule has 0 radical (unpaired) electrons. The first-order chi connectivity index (χ1) is 20.0. The Kier molecular flexibility index (Phi) is 10.5. The number of fused-ring (bicyclic) bond motifs is 3. The fourth-order valence-electron chi connectivity index (χ4n) is 4.71. The number of carbonyl (C=O) groups excluding carboxylic acids is 3. The number of aliphatic hydroxyl groups is 1. The highest BCUT2D eigenvalue weighted by atomic mass is 16.6. The molecule has 1 aliphatic carbocycles. The van der Waals surface area contributed by atoms with Crippen LogP contribution in [0.5, 0.6) is 0 Å². The summed E-state index contributed by atoms with van der Waals surface area (Å²) in [7, 11) is 0. The highest BCUT2D eigenvalue weighted by molar-refractivity contribution is 5.82. The fraction of sp³-hybridized carbons (Fsp3) is 0.281. The van der Waals surface area contributed by atoms with Crippen LogP contribution in [-0.2, 0) is 25.6 Å². The topological polar surface area (TPSA) is 123 Å². The molecule has 0 aromatic heterocycles. The lowest BCUT2D eigenvalue weighted by molar-refractivity contribution is -0.145. The van der Waals surface area contributed by atoms with Gasteiger partial charge in [-0.15, -0.1) is 0 Å². The van der Waals surface area contributed by atoms with Crippen molar-refractivity contribution in [2.75, 3.05) is 19.8 Å². The van der Waals surface area contributed by atoms with Crippen molar-refractivity contribution in [1.29, 1.82) is 0 Å². The number of ether oxygens (including phenoxy) is 3. The molecule has 214 valence electrons. The number of carbonyl (C=O) groups is 3. The van der Waals surface area contributed by atoms with Gasteiger partial charge in [0, 0.05) is 12.5 Å². The van der Waals surface area contributed by atoms with E-state index in [0.717, 1.165) is 27.8 Å². The van der Waals surface area contributed by atoms with Crippen molar-refractivity contribution in [3.05, 3.63) is 108 Å². The van der Waals surface area contributed by atoms with E-state index in [4.69, 9.17) is 14.2 Å². The average Bonchev–Trinajstić information content (AvgIpc) is 3.32. The van der Waals surface area contributed by atoms with Gasteiger partial charge in [-0.1, -0.05) is 91.5 Å². The molecule has 0 heterocycles. The summed E-state index contributed by atoms with van der Waals surface area (Å²) in [4.78, 5) is 37.3. The molecule has 0 unspecified atom stereocenters. The Balaban J connectivity index is 1.27. The monoisotopic (exact) mass is 558 g/mol. The average molecular weight is 559 g/mol. The van der Waals surface area contributed by atoms with Crippen LogP contribution in [0.15, 0.2) is 91.5 Å². The predicted octanol–water partition coefficient (Wildman–Crippen LogP) is 4.69. The molecule has 2 amide bonds. The quantitative estimate of drug-likeness (QED) is 0.158. The molecule has 2 atom stereocenters. The van der Waals surface area contributed by atoms with Gasteiger partial charge in [-0.2, -0.15) is 0 Å². The van der Waals surface area contributed by atoms with Crippen LogP contribution in [0.2, 0.25) is 0 Å². The SMILES string of the molecule is C=CCOC(=O)[C@H](CC[C@@H](O)CNC(=O)OCc1ccccc1)NC(=O)OCC1c2ccccc2-c2ccccc21. The maximum Gasteiger partial charge on any atom is 0.407 e. The number of alkyl carbamates (subject to hydrolysis) is 2. The van der Waals surface area contributed by atoms with Crippen LogP contribution in [0, 0.1) is 0 Å². The standard InChI is InChI=1S/C32H34N2O7/c1-2-18-39-30(36)29(17-16-23(35)19-33-31(37)40-20-22-10-4-3-5-11-22)34-32(38)41-21-28-26-14-8-6-12-24(26)25-13-7-9-15-27(25)28/h2-15,23,28-29,35H,1,16-21H2,(H,33,37)(H,34,38)/t23-,29+/m1/s1. The van der Waals surface area contributed by atoms with Gasteiger partial charge in [-0.05, 0) is 40.7 Å². The van der Waals surface area contributed by atoms with Crippen molar-refractivity contribution in [3.63, 3.8) is 0 Å². The van der Waals surface area contributed by atoms with Crippen LogP contribution in [0.1, 0.15) is 35.4 Å². The Hall–Kier alpha value is -4.63. The van der Waals surface area contributed by atoms with Crippen LogP contribution >= 0.6 is 0 Å². The van der Waals surface area contributed by atoms with Gasteiger partial charge in [0.25, 0.3) is 0 Å². The van der Waals surface area contributed by atoms with Gasteiger partial charge in [-0.25, -0.2) is 14.4 Å². The lowest BCUT2D eigenvalue weighted by Gasteiger charge is -2.20. The summed E-state index contributed by atoms with van der Waals surface area (Å²) >= 11 is 0. The van der Waals surface area contributed by atoms with Crippen molar-refractivity contribution in [2.24, 2.45) is 0 Å². The largest absolute Gasteiger partial charge is 0.460 e. The summed E-state index contributed by atoms with van der Waals surface area (Å²) in [5.74, 6) is -0.810. The number of amides is 2. The highest BCUT2D eigenvalue weighted by Gasteiger charge is 2.30. The fourth-order valence-corrected chi connectivity index (χ4v) is 4.71. The van der Waals surface area contributed by atoms with E-state index in [1.165, 1.54) is 6.08 Å². The lowest BCUT2D eigenvalue weighted by Crippen LogP contribution is -2.43. The second-order valence-corrected chi connectivity index (χ2v) is 9.61. The molecule has 41 heavy (non-hydrogen) atoms. The summed E-state index contributed by atoms with van der Waals surface area (Å²) in [6, 6.07) is 24.1. The van der Waals surface area contributed by atoms with Gasteiger partial charge < -0.3 is 30.0 Å². The van der Waals surface area contributed by atoms with Crippen molar-refractivity contribution >= 4 is 18.2 Å². The Labute approximate surface area is 239 Å². The van der Waals surface area contributed by atoms with Crippen molar-refractivity contribution < 1.29 is 33.7 Å². The van der Waals surface area contributed by atoms with Crippen molar-refractivity contribution in [3.8, 4) is 11.1 Å².